The highest BCUT2D eigenvalue weighted by atomic mass is 32.2. The van der Waals surface area contributed by atoms with Crippen molar-refractivity contribution in [2.24, 2.45) is 0 Å². The van der Waals surface area contributed by atoms with Gasteiger partial charge < -0.3 is 5.32 Å². The smallest absolute Gasteiger partial charge is 0.243 e. The van der Waals surface area contributed by atoms with Crippen LogP contribution in [0.1, 0.15) is 35.6 Å². The number of hydrogen-bond acceptors (Lipinski definition) is 3. The van der Waals surface area contributed by atoms with Gasteiger partial charge in [-0.1, -0.05) is 72.8 Å². The van der Waals surface area contributed by atoms with Gasteiger partial charge in [-0.3, -0.25) is 4.79 Å². The lowest BCUT2D eigenvalue weighted by Gasteiger charge is -2.24. The summed E-state index contributed by atoms with van der Waals surface area (Å²) in [4.78, 5) is 13.2. The third kappa shape index (κ3) is 7.27. The van der Waals surface area contributed by atoms with E-state index in [1.54, 1.807) is 13.0 Å². The molecular formula is C28H34N2O3S. The van der Waals surface area contributed by atoms with Crippen molar-refractivity contribution < 1.29 is 13.2 Å². The molecule has 0 radical (unpaired) electrons. The van der Waals surface area contributed by atoms with Gasteiger partial charge in [0.2, 0.25) is 15.9 Å². The molecule has 0 aromatic heterocycles. The molecule has 34 heavy (non-hydrogen) atoms. The SMILES string of the molecule is Cc1ccc(C)c(S(=O)(=O)N(CCc2ccccc2)CC(=O)N[C@H](C)CCc2ccccc2)c1. The molecule has 0 spiro atoms. The normalized spacial score (nSPS) is 12.5. The zero-order chi connectivity index (χ0) is 24.6. The van der Waals surface area contributed by atoms with E-state index in [1.807, 2.05) is 74.5 Å². The highest BCUT2D eigenvalue weighted by molar-refractivity contribution is 7.89. The summed E-state index contributed by atoms with van der Waals surface area (Å²) in [7, 11) is -3.84. The zero-order valence-corrected chi connectivity index (χ0v) is 21.0. The second-order valence-electron chi connectivity index (χ2n) is 8.84. The van der Waals surface area contributed by atoms with Crippen LogP contribution in [0, 0.1) is 13.8 Å². The summed E-state index contributed by atoms with van der Waals surface area (Å²) in [5, 5.41) is 2.98. The molecule has 6 heteroatoms. The van der Waals surface area contributed by atoms with E-state index in [2.05, 4.69) is 17.4 Å². The highest BCUT2D eigenvalue weighted by Crippen LogP contribution is 2.22. The van der Waals surface area contributed by atoms with Crippen molar-refractivity contribution >= 4 is 15.9 Å². The van der Waals surface area contributed by atoms with Gasteiger partial charge in [0.25, 0.3) is 0 Å². The van der Waals surface area contributed by atoms with E-state index >= 15 is 0 Å². The lowest BCUT2D eigenvalue weighted by atomic mass is 10.1. The van der Waals surface area contributed by atoms with Crippen LogP contribution in [0.4, 0.5) is 0 Å². The van der Waals surface area contributed by atoms with Gasteiger partial charge in [-0.25, -0.2) is 8.42 Å². The van der Waals surface area contributed by atoms with Crippen molar-refractivity contribution in [1.82, 2.24) is 9.62 Å². The standard InChI is InChI=1S/C28H34N2O3S/c1-22-14-15-23(2)27(20-22)34(32,33)30(19-18-26-12-8-5-9-13-26)21-28(31)29-24(3)16-17-25-10-6-4-7-11-25/h4-15,20,24H,16-19,21H2,1-3H3,(H,29,31)/t24-/m1/s1. The molecule has 0 unspecified atom stereocenters. The number of carbonyl (C=O) groups is 1. The topological polar surface area (TPSA) is 66.5 Å². The molecule has 0 aliphatic rings. The summed E-state index contributed by atoms with van der Waals surface area (Å²) >= 11 is 0. The monoisotopic (exact) mass is 478 g/mol. The number of sulfonamides is 1. The lowest BCUT2D eigenvalue weighted by molar-refractivity contribution is -0.121. The molecular weight excluding hydrogens is 444 g/mol. The van der Waals surface area contributed by atoms with Crippen molar-refractivity contribution in [3.8, 4) is 0 Å². The number of nitrogens with one attached hydrogen (secondary N) is 1. The predicted octanol–water partition coefficient (Wildman–Crippen LogP) is 4.67. The summed E-state index contributed by atoms with van der Waals surface area (Å²) in [6.45, 7) is 5.62. The molecule has 0 saturated heterocycles. The average molecular weight is 479 g/mol. The Morgan fingerprint density at radius 2 is 1.47 bits per heavy atom. The zero-order valence-electron chi connectivity index (χ0n) is 20.2. The molecule has 1 N–H and O–H groups in total. The fourth-order valence-corrected chi connectivity index (χ4v) is 5.59. The minimum absolute atomic E-state index is 0.0629. The Morgan fingerprint density at radius 3 is 2.09 bits per heavy atom. The van der Waals surface area contributed by atoms with E-state index in [9.17, 15) is 13.2 Å². The van der Waals surface area contributed by atoms with Crippen molar-refractivity contribution in [1.29, 1.82) is 0 Å². The van der Waals surface area contributed by atoms with E-state index in [1.165, 1.54) is 9.87 Å². The van der Waals surface area contributed by atoms with Crippen molar-refractivity contribution in [2.45, 2.75) is 51.0 Å². The Kier molecular flexibility index (Phi) is 9.02. The Hall–Kier alpha value is -2.96. The summed E-state index contributed by atoms with van der Waals surface area (Å²) in [6.07, 6.45) is 2.16. The summed E-state index contributed by atoms with van der Waals surface area (Å²) in [5.74, 6) is -0.289. The Labute approximate surface area is 203 Å². The second-order valence-corrected chi connectivity index (χ2v) is 10.7. The van der Waals surface area contributed by atoms with Gasteiger partial charge in [-0.15, -0.1) is 0 Å². The average Bonchev–Trinajstić information content (AvgIpc) is 2.83. The van der Waals surface area contributed by atoms with Gasteiger partial charge in [-0.05, 0) is 68.4 Å². The lowest BCUT2D eigenvalue weighted by Crippen LogP contribution is -2.44. The van der Waals surface area contributed by atoms with Gasteiger partial charge in [0.05, 0.1) is 11.4 Å². The number of amides is 1. The number of rotatable bonds is 11. The summed E-state index contributed by atoms with van der Waals surface area (Å²) in [6, 6.07) is 25.2. The molecule has 1 atom stereocenters. The molecule has 3 aromatic carbocycles. The van der Waals surface area contributed by atoms with E-state index in [0.29, 0.717) is 12.0 Å². The molecule has 180 valence electrons. The van der Waals surface area contributed by atoms with E-state index < -0.39 is 10.0 Å². The Morgan fingerprint density at radius 1 is 0.882 bits per heavy atom. The molecule has 0 heterocycles. The molecule has 3 aromatic rings. The van der Waals surface area contributed by atoms with Gasteiger partial charge in [0.15, 0.2) is 0 Å². The van der Waals surface area contributed by atoms with Crippen LogP contribution in [0.5, 0.6) is 0 Å². The van der Waals surface area contributed by atoms with E-state index in [0.717, 1.165) is 24.0 Å². The number of aryl methyl sites for hydroxylation is 3. The highest BCUT2D eigenvalue weighted by Gasteiger charge is 2.28. The van der Waals surface area contributed by atoms with Gasteiger partial charge in [0, 0.05) is 12.6 Å². The predicted molar refractivity (Wildman–Crippen MR) is 137 cm³/mol. The number of nitrogens with zero attached hydrogens (tertiary/aromatic N) is 1. The van der Waals surface area contributed by atoms with Crippen LogP contribution in [0.15, 0.2) is 83.8 Å². The quantitative estimate of drug-likeness (QED) is 0.435. The number of benzene rings is 3. The molecule has 3 rings (SSSR count). The van der Waals surface area contributed by atoms with Crippen LogP contribution in [-0.2, 0) is 27.7 Å². The first-order valence-corrected chi connectivity index (χ1v) is 13.1. The molecule has 1 amide bonds. The second kappa shape index (κ2) is 12.0. The Balaban J connectivity index is 1.72. The van der Waals surface area contributed by atoms with Crippen LogP contribution < -0.4 is 5.32 Å². The minimum Gasteiger partial charge on any atom is -0.352 e. The van der Waals surface area contributed by atoms with Gasteiger partial charge in [-0.2, -0.15) is 4.31 Å². The van der Waals surface area contributed by atoms with Gasteiger partial charge >= 0.3 is 0 Å². The summed E-state index contributed by atoms with van der Waals surface area (Å²) < 4.78 is 28.5. The van der Waals surface area contributed by atoms with Crippen LogP contribution in [-0.4, -0.2) is 37.8 Å². The van der Waals surface area contributed by atoms with Crippen LogP contribution in [0.3, 0.4) is 0 Å². The largest absolute Gasteiger partial charge is 0.352 e. The minimum atomic E-state index is -3.84. The first kappa shape index (κ1) is 25.7. The maximum atomic E-state index is 13.6. The Bertz CT molecular complexity index is 1180. The maximum absolute atomic E-state index is 13.6. The number of hydrogen-bond donors (Lipinski definition) is 1. The molecule has 0 saturated carbocycles. The molecule has 0 fully saturated rings. The van der Waals surface area contributed by atoms with Crippen LogP contribution in [0.25, 0.3) is 0 Å². The maximum Gasteiger partial charge on any atom is 0.243 e. The van der Waals surface area contributed by atoms with E-state index in [4.69, 9.17) is 0 Å². The number of carbonyl (C=O) groups excluding carboxylic acids is 1. The third-order valence-electron chi connectivity index (χ3n) is 5.89. The fourth-order valence-electron chi connectivity index (χ4n) is 3.89. The molecule has 5 nitrogen and oxygen atoms in total. The molecule has 0 aliphatic heterocycles. The third-order valence-corrected chi connectivity index (χ3v) is 7.88. The van der Waals surface area contributed by atoms with Crippen molar-refractivity contribution in [3.63, 3.8) is 0 Å². The molecule has 0 aliphatic carbocycles. The van der Waals surface area contributed by atoms with Crippen molar-refractivity contribution in [3.05, 3.63) is 101 Å². The van der Waals surface area contributed by atoms with E-state index in [-0.39, 0.29) is 29.9 Å². The fraction of sp³-hybridized carbons (Fsp3) is 0.321. The molecule has 0 bridgehead atoms. The van der Waals surface area contributed by atoms with Crippen LogP contribution >= 0.6 is 0 Å². The van der Waals surface area contributed by atoms with Gasteiger partial charge in [0.1, 0.15) is 0 Å². The first-order chi connectivity index (χ1) is 16.3. The van der Waals surface area contributed by atoms with Crippen LogP contribution in [0.2, 0.25) is 0 Å². The first-order valence-electron chi connectivity index (χ1n) is 11.7. The van der Waals surface area contributed by atoms with Crippen molar-refractivity contribution in [2.75, 3.05) is 13.1 Å². The summed E-state index contributed by atoms with van der Waals surface area (Å²) in [5.41, 5.74) is 3.78.